The van der Waals surface area contributed by atoms with Crippen LogP contribution in [-0.4, -0.2) is 35.8 Å². The summed E-state index contributed by atoms with van der Waals surface area (Å²) in [6.45, 7) is 7.20. The van der Waals surface area contributed by atoms with Crippen molar-refractivity contribution in [3.05, 3.63) is 27.1 Å². The molecule has 2 amide bonds. The van der Waals surface area contributed by atoms with Gasteiger partial charge in [-0.05, 0) is 71.7 Å². The Balaban J connectivity index is 2.36. The van der Waals surface area contributed by atoms with E-state index in [1.54, 1.807) is 6.08 Å². The molecule has 0 N–H and O–H groups in total. The van der Waals surface area contributed by atoms with E-state index in [-0.39, 0.29) is 11.1 Å². The fourth-order valence-corrected chi connectivity index (χ4v) is 3.73. The Hall–Kier alpha value is -1.47. The van der Waals surface area contributed by atoms with Crippen molar-refractivity contribution in [2.45, 2.75) is 27.2 Å². The summed E-state index contributed by atoms with van der Waals surface area (Å²) in [5.41, 5.74) is 0.774. The van der Waals surface area contributed by atoms with Crippen LogP contribution >= 0.6 is 27.7 Å². The molecule has 24 heavy (non-hydrogen) atoms. The van der Waals surface area contributed by atoms with Crippen LogP contribution in [0, 0.1) is 0 Å². The van der Waals surface area contributed by atoms with E-state index in [2.05, 4.69) is 15.9 Å². The molecule has 1 fully saturated rings. The third kappa shape index (κ3) is 4.13. The second kappa shape index (κ2) is 8.58. The zero-order chi connectivity index (χ0) is 17.7. The molecule has 1 saturated heterocycles. The maximum Gasteiger partial charge on any atom is 0.293 e. The largest absolute Gasteiger partial charge is 0.490 e. The molecule has 7 heteroatoms. The molecule has 5 nitrogen and oxygen atoms in total. The smallest absolute Gasteiger partial charge is 0.293 e. The Morgan fingerprint density at radius 2 is 1.88 bits per heavy atom. The molecule has 1 aromatic carbocycles. The van der Waals surface area contributed by atoms with Crippen LogP contribution in [-0.2, 0) is 4.79 Å². The van der Waals surface area contributed by atoms with Gasteiger partial charge in [-0.1, -0.05) is 6.92 Å². The molecule has 0 atom stereocenters. The number of ether oxygens (including phenoxy) is 2. The third-order valence-corrected chi connectivity index (χ3v) is 4.74. The first kappa shape index (κ1) is 18.9. The number of halogens is 1. The summed E-state index contributed by atoms with van der Waals surface area (Å²) in [6.07, 6.45) is 2.46. The Labute approximate surface area is 154 Å². The lowest BCUT2D eigenvalue weighted by Gasteiger charge is -2.13. The summed E-state index contributed by atoms with van der Waals surface area (Å²) in [5.74, 6) is 0.998. The van der Waals surface area contributed by atoms with E-state index >= 15 is 0 Å². The molecule has 0 saturated carbocycles. The maximum atomic E-state index is 12.3. The van der Waals surface area contributed by atoms with Crippen molar-refractivity contribution in [3.8, 4) is 11.5 Å². The first-order valence-corrected chi connectivity index (χ1v) is 9.47. The minimum Gasteiger partial charge on any atom is -0.490 e. The van der Waals surface area contributed by atoms with E-state index in [0.29, 0.717) is 36.2 Å². The highest BCUT2D eigenvalue weighted by Crippen LogP contribution is 2.39. The van der Waals surface area contributed by atoms with Gasteiger partial charge in [0.15, 0.2) is 11.5 Å². The molecule has 0 bridgehead atoms. The SMILES string of the molecule is CCCN1C(=O)S/C(=C/c2cc(Br)c(OCC)c(OCC)c2)C1=O. The first-order chi connectivity index (χ1) is 11.5. The molecule has 130 valence electrons. The standard InChI is InChI=1S/C17H20BrNO4S/c1-4-7-19-16(20)14(24-17(19)21)10-11-8-12(18)15(23-6-3)13(9-11)22-5-2/h8-10H,4-7H2,1-3H3/b14-10+. The third-order valence-electron chi connectivity index (χ3n) is 3.24. The summed E-state index contributed by atoms with van der Waals surface area (Å²) in [5, 5.41) is -0.219. The van der Waals surface area contributed by atoms with Crippen LogP contribution in [0.5, 0.6) is 11.5 Å². The minimum absolute atomic E-state index is 0.219. The second-order valence-corrected chi connectivity index (χ2v) is 6.88. The van der Waals surface area contributed by atoms with Crippen LogP contribution in [0.1, 0.15) is 32.8 Å². The molecule has 1 heterocycles. The lowest BCUT2D eigenvalue weighted by atomic mass is 10.2. The zero-order valence-electron chi connectivity index (χ0n) is 13.9. The average molecular weight is 414 g/mol. The summed E-state index contributed by atoms with van der Waals surface area (Å²) in [4.78, 5) is 26.0. The first-order valence-electron chi connectivity index (χ1n) is 7.86. The van der Waals surface area contributed by atoms with Crippen LogP contribution < -0.4 is 9.47 Å². The van der Waals surface area contributed by atoms with E-state index in [1.807, 2.05) is 32.9 Å². The van der Waals surface area contributed by atoms with Gasteiger partial charge < -0.3 is 9.47 Å². The molecule has 1 aliphatic heterocycles. The second-order valence-electron chi connectivity index (χ2n) is 5.03. The van der Waals surface area contributed by atoms with Gasteiger partial charge in [0.2, 0.25) is 0 Å². The summed E-state index contributed by atoms with van der Waals surface area (Å²) >= 11 is 4.45. The minimum atomic E-state index is -0.241. The van der Waals surface area contributed by atoms with Gasteiger partial charge in [0, 0.05) is 6.54 Å². The highest BCUT2D eigenvalue weighted by Gasteiger charge is 2.34. The van der Waals surface area contributed by atoms with Crippen molar-refractivity contribution in [1.29, 1.82) is 0 Å². The van der Waals surface area contributed by atoms with Gasteiger partial charge in [-0.2, -0.15) is 0 Å². The number of benzene rings is 1. The maximum absolute atomic E-state index is 12.3. The molecule has 0 spiro atoms. The van der Waals surface area contributed by atoms with E-state index in [1.165, 1.54) is 4.90 Å². The van der Waals surface area contributed by atoms with E-state index in [9.17, 15) is 9.59 Å². The fourth-order valence-electron chi connectivity index (χ4n) is 2.29. The number of thioether (sulfide) groups is 1. The average Bonchev–Trinajstić information content (AvgIpc) is 2.79. The predicted octanol–water partition coefficient (Wildman–Crippen LogP) is 4.69. The molecule has 0 unspecified atom stereocenters. The quantitative estimate of drug-likeness (QED) is 0.606. The molecular formula is C17H20BrNO4S. The molecule has 0 aromatic heterocycles. The van der Waals surface area contributed by atoms with E-state index < -0.39 is 0 Å². The highest BCUT2D eigenvalue weighted by atomic mass is 79.9. The molecule has 2 rings (SSSR count). The summed E-state index contributed by atoms with van der Waals surface area (Å²) < 4.78 is 12.0. The topological polar surface area (TPSA) is 55.8 Å². The lowest BCUT2D eigenvalue weighted by Crippen LogP contribution is -2.28. The van der Waals surface area contributed by atoms with Crippen LogP contribution in [0.2, 0.25) is 0 Å². The predicted molar refractivity (Wildman–Crippen MR) is 99.4 cm³/mol. The van der Waals surface area contributed by atoms with Crippen LogP contribution in [0.4, 0.5) is 4.79 Å². The van der Waals surface area contributed by atoms with Gasteiger partial charge in [-0.3, -0.25) is 14.5 Å². The molecule has 0 aliphatic carbocycles. The van der Waals surface area contributed by atoms with Gasteiger partial charge in [-0.25, -0.2) is 0 Å². The molecule has 1 aromatic rings. The van der Waals surface area contributed by atoms with E-state index in [0.717, 1.165) is 28.2 Å². The van der Waals surface area contributed by atoms with E-state index in [4.69, 9.17) is 9.47 Å². The summed E-state index contributed by atoms with van der Waals surface area (Å²) in [7, 11) is 0. The Kier molecular flexibility index (Phi) is 6.74. The van der Waals surface area contributed by atoms with Crippen molar-refractivity contribution < 1.29 is 19.1 Å². The number of amides is 2. The lowest BCUT2D eigenvalue weighted by molar-refractivity contribution is -0.122. The van der Waals surface area contributed by atoms with Gasteiger partial charge in [0.05, 0.1) is 22.6 Å². The van der Waals surface area contributed by atoms with Gasteiger partial charge in [-0.15, -0.1) is 0 Å². The van der Waals surface area contributed by atoms with Crippen molar-refractivity contribution in [3.63, 3.8) is 0 Å². The van der Waals surface area contributed by atoms with Gasteiger partial charge in [0.1, 0.15) is 0 Å². The Morgan fingerprint density at radius 3 is 2.50 bits per heavy atom. The monoisotopic (exact) mass is 413 g/mol. The number of hydrogen-bond acceptors (Lipinski definition) is 5. The zero-order valence-corrected chi connectivity index (χ0v) is 16.3. The number of carbonyl (C=O) groups excluding carboxylic acids is 2. The number of rotatable bonds is 7. The van der Waals surface area contributed by atoms with Gasteiger partial charge in [0.25, 0.3) is 11.1 Å². The van der Waals surface area contributed by atoms with Crippen LogP contribution in [0.25, 0.3) is 6.08 Å². The number of imide groups is 1. The molecule has 1 aliphatic rings. The van der Waals surface area contributed by atoms with Crippen molar-refractivity contribution in [2.24, 2.45) is 0 Å². The Bertz CT molecular complexity index is 675. The number of hydrogen-bond donors (Lipinski definition) is 0. The highest BCUT2D eigenvalue weighted by molar-refractivity contribution is 9.10. The molecule has 0 radical (unpaired) electrons. The van der Waals surface area contributed by atoms with Crippen LogP contribution in [0.3, 0.4) is 0 Å². The van der Waals surface area contributed by atoms with Gasteiger partial charge >= 0.3 is 0 Å². The normalized spacial score (nSPS) is 16.2. The summed E-state index contributed by atoms with van der Waals surface area (Å²) in [6, 6.07) is 3.66. The molecular weight excluding hydrogens is 394 g/mol. The fraction of sp³-hybridized carbons (Fsp3) is 0.412. The Morgan fingerprint density at radius 1 is 1.17 bits per heavy atom. The number of carbonyl (C=O) groups is 2. The van der Waals surface area contributed by atoms with Crippen molar-refractivity contribution in [2.75, 3.05) is 19.8 Å². The van der Waals surface area contributed by atoms with Crippen molar-refractivity contribution >= 4 is 44.9 Å². The van der Waals surface area contributed by atoms with Crippen molar-refractivity contribution in [1.82, 2.24) is 4.90 Å². The van der Waals surface area contributed by atoms with Crippen LogP contribution in [0.15, 0.2) is 21.5 Å². The number of nitrogens with zero attached hydrogens (tertiary/aromatic N) is 1.